The number of nitrogens with zero attached hydrogens (tertiary/aromatic N) is 2. The number of nitrogens with one attached hydrogen (secondary N) is 2. The number of aryl methyl sites for hydroxylation is 1. The van der Waals surface area contributed by atoms with Crippen LogP contribution in [0.2, 0.25) is 0 Å². The number of halogens is 1. The number of hydrogen-bond donors (Lipinski definition) is 2. The van der Waals surface area contributed by atoms with Crippen molar-refractivity contribution in [3.8, 4) is 0 Å². The van der Waals surface area contributed by atoms with Gasteiger partial charge < -0.3 is 19.9 Å². The molecule has 1 saturated carbocycles. The first-order valence-corrected chi connectivity index (χ1v) is 8.93. The van der Waals surface area contributed by atoms with Gasteiger partial charge in [0.25, 0.3) is 0 Å². The van der Waals surface area contributed by atoms with Crippen molar-refractivity contribution in [2.45, 2.75) is 25.8 Å². The summed E-state index contributed by atoms with van der Waals surface area (Å²) in [4.78, 5) is 4.25. The van der Waals surface area contributed by atoms with E-state index in [4.69, 9.17) is 4.74 Å². The lowest BCUT2D eigenvalue weighted by atomic mass is 10.2. The molecule has 25 heavy (non-hydrogen) atoms. The Kier molecular flexibility index (Phi) is 8.54. The Labute approximate surface area is 167 Å². The summed E-state index contributed by atoms with van der Waals surface area (Å²) in [6.45, 7) is 4.36. The highest BCUT2D eigenvalue weighted by Gasteiger charge is 2.20. The molecule has 0 spiro atoms. The summed E-state index contributed by atoms with van der Waals surface area (Å²) < 4.78 is 7.92. The second-order valence-corrected chi connectivity index (χ2v) is 6.37. The lowest BCUT2D eigenvalue weighted by Gasteiger charge is -2.12. The van der Waals surface area contributed by atoms with E-state index in [2.05, 4.69) is 56.7 Å². The quantitative estimate of drug-likeness (QED) is 0.264. The van der Waals surface area contributed by atoms with Crippen molar-refractivity contribution >= 4 is 40.8 Å². The Hall–Kier alpha value is -1.28. The van der Waals surface area contributed by atoms with Crippen LogP contribution in [0, 0.1) is 5.92 Å². The maximum atomic E-state index is 5.62. The second-order valence-electron chi connectivity index (χ2n) is 6.37. The number of para-hydroxylation sites is 1. The van der Waals surface area contributed by atoms with E-state index >= 15 is 0 Å². The van der Waals surface area contributed by atoms with Crippen LogP contribution >= 0.6 is 24.0 Å². The van der Waals surface area contributed by atoms with E-state index in [0.717, 1.165) is 51.1 Å². The molecule has 2 aromatic rings. The fourth-order valence-corrected chi connectivity index (χ4v) is 2.79. The summed E-state index contributed by atoms with van der Waals surface area (Å²) in [5, 5.41) is 7.96. The molecule has 1 aromatic heterocycles. The molecule has 0 saturated heterocycles. The van der Waals surface area contributed by atoms with Gasteiger partial charge in [0.15, 0.2) is 5.96 Å². The van der Waals surface area contributed by atoms with Crippen LogP contribution in [-0.2, 0) is 11.3 Å². The van der Waals surface area contributed by atoms with Crippen LogP contribution < -0.4 is 10.6 Å². The third-order valence-corrected chi connectivity index (χ3v) is 4.36. The number of guanidine groups is 1. The number of aliphatic imine (C=N–C) groups is 1. The van der Waals surface area contributed by atoms with Crippen molar-refractivity contribution in [3.05, 3.63) is 36.5 Å². The van der Waals surface area contributed by atoms with Crippen LogP contribution in [-0.4, -0.2) is 43.9 Å². The zero-order valence-electron chi connectivity index (χ0n) is 14.9. The normalized spacial score (nSPS) is 14.4. The fraction of sp³-hybridized carbons (Fsp3) is 0.526. The van der Waals surface area contributed by atoms with Crippen molar-refractivity contribution in [2.75, 3.05) is 33.4 Å². The number of aromatic nitrogens is 1. The van der Waals surface area contributed by atoms with Crippen LogP contribution in [0.3, 0.4) is 0 Å². The van der Waals surface area contributed by atoms with Crippen LogP contribution in [0.4, 0.5) is 0 Å². The minimum Gasteiger partial charge on any atom is -0.379 e. The maximum absolute atomic E-state index is 5.62. The van der Waals surface area contributed by atoms with Crippen LogP contribution in [0.25, 0.3) is 10.9 Å². The Bertz CT molecular complexity index is 666. The van der Waals surface area contributed by atoms with Crippen LogP contribution in [0.15, 0.2) is 41.5 Å². The van der Waals surface area contributed by atoms with E-state index in [0.29, 0.717) is 0 Å². The van der Waals surface area contributed by atoms with Gasteiger partial charge in [-0.15, -0.1) is 24.0 Å². The van der Waals surface area contributed by atoms with Crippen molar-refractivity contribution in [1.82, 2.24) is 15.2 Å². The largest absolute Gasteiger partial charge is 0.379 e. The lowest BCUT2D eigenvalue weighted by Crippen LogP contribution is -2.39. The first-order chi connectivity index (χ1) is 11.9. The number of hydrogen-bond acceptors (Lipinski definition) is 2. The SMILES string of the molecule is CN=C(NCCCn1ccc2ccccc21)NCCOCC1CC1.I. The number of ether oxygens (including phenoxy) is 1. The van der Waals surface area contributed by atoms with E-state index in [1.807, 2.05) is 0 Å². The van der Waals surface area contributed by atoms with E-state index in [1.165, 1.54) is 23.7 Å². The fourth-order valence-electron chi connectivity index (χ4n) is 2.79. The molecule has 1 aromatic carbocycles. The predicted molar refractivity (Wildman–Crippen MR) is 115 cm³/mol. The molecule has 0 atom stereocenters. The summed E-state index contributed by atoms with van der Waals surface area (Å²) in [5.74, 6) is 1.68. The van der Waals surface area contributed by atoms with Crippen molar-refractivity contribution in [2.24, 2.45) is 10.9 Å². The highest BCUT2D eigenvalue weighted by molar-refractivity contribution is 14.0. The molecular weight excluding hydrogens is 427 g/mol. The van der Waals surface area contributed by atoms with Crippen molar-refractivity contribution < 1.29 is 4.74 Å². The molecule has 0 bridgehead atoms. The van der Waals surface area contributed by atoms with Gasteiger partial charge in [0.1, 0.15) is 0 Å². The molecule has 138 valence electrons. The van der Waals surface area contributed by atoms with E-state index in [9.17, 15) is 0 Å². The van der Waals surface area contributed by atoms with Gasteiger partial charge in [0.05, 0.1) is 6.61 Å². The summed E-state index contributed by atoms with van der Waals surface area (Å²) in [6, 6.07) is 10.7. The van der Waals surface area contributed by atoms with Gasteiger partial charge in [-0.25, -0.2) is 0 Å². The lowest BCUT2D eigenvalue weighted by molar-refractivity contribution is 0.129. The molecule has 2 N–H and O–H groups in total. The zero-order valence-corrected chi connectivity index (χ0v) is 17.2. The molecule has 1 fully saturated rings. The molecule has 1 heterocycles. The van der Waals surface area contributed by atoms with Gasteiger partial charge in [0.2, 0.25) is 0 Å². The van der Waals surface area contributed by atoms with Crippen LogP contribution in [0.1, 0.15) is 19.3 Å². The van der Waals surface area contributed by atoms with Gasteiger partial charge in [0, 0.05) is 45.0 Å². The summed E-state index contributed by atoms with van der Waals surface area (Å²) in [7, 11) is 1.81. The Morgan fingerprint density at radius 3 is 2.80 bits per heavy atom. The van der Waals surface area contributed by atoms with Gasteiger partial charge in [-0.2, -0.15) is 0 Å². The average Bonchev–Trinajstić information content (AvgIpc) is 3.35. The Balaban J connectivity index is 0.00000225. The molecule has 0 aliphatic heterocycles. The minimum absolute atomic E-state index is 0. The molecule has 0 unspecified atom stereocenters. The minimum atomic E-state index is 0. The molecule has 6 heteroatoms. The number of fused-ring (bicyclic) bond motifs is 1. The molecule has 3 rings (SSSR count). The third kappa shape index (κ3) is 6.51. The predicted octanol–water partition coefficient (Wildman–Crippen LogP) is 3.24. The molecule has 0 radical (unpaired) electrons. The Morgan fingerprint density at radius 2 is 2.00 bits per heavy atom. The van der Waals surface area contributed by atoms with E-state index in [1.54, 1.807) is 7.05 Å². The van der Waals surface area contributed by atoms with Crippen molar-refractivity contribution in [3.63, 3.8) is 0 Å². The monoisotopic (exact) mass is 456 g/mol. The molecule has 0 amide bonds. The summed E-state index contributed by atoms with van der Waals surface area (Å²) in [5.41, 5.74) is 1.30. The standard InChI is InChI=1S/C19H28N4O.HI/c1-20-19(22-11-14-24-15-16-7-8-16)21-10-4-12-23-13-9-17-5-2-3-6-18(17)23;/h2-3,5-6,9,13,16H,4,7-8,10-12,14-15H2,1H3,(H2,20,21,22);1H. The van der Waals surface area contributed by atoms with Gasteiger partial charge >= 0.3 is 0 Å². The maximum Gasteiger partial charge on any atom is 0.191 e. The van der Waals surface area contributed by atoms with Crippen LogP contribution in [0.5, 0.6) is 0 Å². The van der Waals surface area contributed by atoms with Gasteiger partial charge in [-0.3, -0.25) is 4.99 Å². The van der Waals surface area contributed by atoms with Gasteiger partial charge in [-0.1, -0.05) is 18.2 Å². The smallest absolute Gasteiger partial charge is 0.191 e. The molecule has 1 aliphatic rings. The second kappa shape index (κ2) is 10.7. The zero-order chi connectivity index (χ0) is 16.6. The topological polar surface area (TPSA) is 50.6 Å². The van der Waals surface area contributed by atoms with Gasteiger partial charge in [-0.05, 0) is 42.7 Å². The third-order valence-electron chi connectivity index (χ3n) is 4.36. The highest BCUT2D eigenvalue weighted by Crippen LogP contribution is 2.28. The van der Waals surface area contributed by atoms with E-state index < -0.39 is 0 Å². The molecular formula is C19H29IN4O. The van der Waals surface area contributed by atoms with E-state index in [-0.39, 0.29) is 24.0 Å². The van der Waals surface area contributed by atoms with Crippen molar-refractivity contribution in [1.29, 1.82) is 0 Å². The first kappa shape index (κ1) is 20.0. The average molecular weight is 456 g/mol. The Morgan fingerprint density at radius 1 is 1.20 bits per heavy atom. The summed E-state index contributed by atoms with van der Waals surface area (Å²) in [6.07, 6.45) is 5.90. The summed E-state index contributed by atoms with van der Waals surface area (Å²) >= 11 is 0. The highest BCUT2D eigenvalue weighted by atomic mass is 127. The molecule has 5 nitrogen and oxygen atoms in total. The molecule has 1 aliphatic carbocycles. The first-order valence-electron chi connectivity index (χ1n) is 8.93. The number of benzene rings is 1. The number of rotatable bonds is 9.